The smallest absolute Gasteiger partial charge is 0.220 e. The molecule has 0 aromatic carbocycles. The minimum absolute atomic E-state index is 0.00780. The van der Waals surface area contributed by atoms with Crippen LogP contribution in [0, 0.1) is 11.3 Å². The van der Waals surface area contributed by atoms with Crippen molar-refractivity contribution in [3.05, 3.63) is 0 Å². The summed E-state index contributed by atoms with van der Waals surface area (Å²) in [4.78, 5) is 11.6. The number of amides is 1. The van der Waals surface area contributed by atoms with Gasteiger partial charge in [0, 0.05) is 26.7 Å². The lowest BCUT2D eigenvalue weighted by atomic mass is 9.68. The van der Waals surface area contributed by atoms with Gasteiger partial charge in [0.1, 0.15) is 0 Å². The van der Waals surface area contributed by atoms with Gasteiger partial charge in [-0.2, -0.15) is 0 Å². The molecule has 0 unspecified atom stereocenters. The van der Waals surface area contributed by atoms with E-state index in [4.69, 9.17) is 4.74 Å². The van der Waals surface area contributed by atoms with Gasteiger partial charge in [0.15, 0.2) is 0 Å². The second kappa shape index (κ2) is 7.41. The van der Waals surface area contributed by atoms with Crippen LogP contribution in [0.3, 0.4) is 0 Å². The van der Waals surface area contributed by atoms with Crippen molar-refractivity contribution in [1.29, 1.82) is 0 Å². The molecule has 0 radical (unpaired) electrons. The molecule has 2 N–H and O–H groups in total. The summed E-state index contributed by atoms with van der Waals surface area (Å²) in [6.07, 6.45) is 4.85. The highest BCUT2D eigenvalue weighted by Gasteiger charge is 2.37. The van der Waals surface area contributed by atoms with Crippen LogP contribution in [0.5, 0.6) is 0 Å². The largest absolute Gasteiger partial charge is 0.388 e. The molecule has 0 aliphatic heterocycles. The van der Waals surface area contributed by atoms with Crippen LogP contribution in [0.4, 0.5) is 0 Å². The van der Waals surface area contributed by atoms with E-state index in [1.54, 1.807) is 7.11 Å². The number of aliphatic hydroxyl groups is 1. The molecule has 0 aromatic rings. The molecule has 1 saturated carbocycles. The van der Waals surface area contributed by atoms with Crippen molar-refractivity contribution >= 4 is 5.91 Å². The van der Waals surface area contributed by atoms with E-state index >= 15 is 0 Å². The van der Waals surface area contributed by atoms with Crippen molar-refractivity contribution in [1.82, 2.24) is 5.32 Å². The van der Waals surface area contributed by atoms with E-state index in [9.17, 15) is 9.90 Å². The molecule has 0 heterocycles. The third-order valence-electron chi connectivity index (χ3n) is 4.51. The molecule has 0 spiro atoms. The second-order valence-corrected chi connectivity index (χ2v) is 7.24. The number of carbonyl (C=O) groups excluding carboxylic acids is 1. The number of ether oxygens (including phenoxy) is 1. The van der Waals surface area contributed by atoms with Gasteiger partial charge in [0.05, 0.1) is 5.60 Å². The molecule has 1 aliphatic rings. The molecule has 0 atom stereocenters. The van der Waals surface area contributed by atoms with Gasteiger partial charge in [0.2, 0.25) is 5.91 Å². The fourth-order valence-electron chi connectivity index (χ4n) is 2.93. The van der Waals surface area contributed by atoms with Crippen molar-refractivity contribution in [2.45, 2.75) is 64.9 Å². The molecule has 1 rings (SSSR count). The van der Waals surface area contributed by atoms with Crippen molar-refractivity contribution in [3.8, 4) is 0 Å². The van der Waals surface area contributed by atoms with Crippen molar-refractivity contribution in [2.24, 2.45) is 11.3 Å². The Morgan fingerprint density at radius 1 is 1.35 bits per heavy atom. The Hall–Kier alpha value is -0.610. The Morgan fingerprint density at radius 2 is 1.95 bits per heavy atom. The summed E-state index contributed by atoms with van der Waals surface area (Å²) in [5, 5.41) is 13.4. The van der Waals surface area contributed by atoms with E-state index < -0.39 is 5.60 Å². The molecule has 0 saturated heterocycles. The van der Waals surface area contributed by atoms with Crippen molar-refractivity contribution < 1.29 is 14.6 Å². The Bertz CT molecular complexity index is 301. The zero-order valence-electron chi connectivity index (χ0n) is 13.5. The highest BCUT2D eigenvalue weighted by Crippen LogP contribution is 2.41. The molecule has 1 aliphatic carbocycles. The molecule has 4 nitrogen and oxygen atoms in total. The van der Waals surface area contributed by atoms with E-state index in [0.29, 0.717) is 30.9 Å². The number of hydrogen-bond donors (Lipinski definition) is 2. The summed E-state index contributed by atoms with van der Waals surface area (Å²) < 4.78 is 4.92. The van der Waals surface area contributed by atoms with Gasteiger partial charge >= 0.3 is 0 Å². The predicted molar refractivity (Wildman–Crippen MR) is 80.5 cm³/mol. The molecular formula is C16H31NO3. The Balaban J connectivity index is 2.29. The van der Waals surface area contributed by atoms with E-state index in [-0.39, 0.29) is 5.91 Å². The van der Waals surface area contributed by atoms with E-state index in [1.807, 2.05) is 0 Å². The van der Waals surface area contributed by atoms with Crippen molar-refractivity contribution in [2.75, 3.05) is 20.3 Å². The van der Waals surface area contributed by atoms with Gasteiger partial charge in [-0.3, -0.25) is 4.79 Å². The average molecular weight is 285 g/mol. The molecule has 0 aromatic heterocycles. The van der Waals surface area contributed by atoms with Gasteiger partial charge in [0.25, 0.3) is 0 Å². The van der Waals surface area contributed by atoms with Gasteiger partial charge < -0.3 is 15.2 Å². The van der Waals surface area contributed by atoms with Crippen LogP contribution in [0.25, 0.3) is 0 Å². The summed E-state index contributed by atoms with van der Waals surface area (Å²) >= 11 is 0. The van der Waals surface area contributed by atoms with Gasteiger partial charge in [-0.05, 0) is 43.4 Å². The Labute approximate surface area is 123 Å². The first-order valence-corrected chi connectivity index (χ1v) is 7.75. The highest BCUT2D eigenvalue weighted by atomic mass is 16.5. The number of carbonyl (C=O) groups is 1. The standard InChI is InChI=1S/C16H31NO3/c1-15(2,3)13-7-9-16(19,10-8-13)12-17-14(18)6-5-11-20-4/h13,19H,5-12H2,1-4H3,(H,17,18). The first-order valence-electron chi connectivity index (χ1n) is 7.75. The normalized spacial score (nSPS) is 27.4. The van der Waals surface area contributed by atoms with Crippen LogP contribution in [0.15, 0.2) is 0 Å². The summed E-state index contributed by atoms with van der Waals surface area (Å²) in [7, 11) is 1.63. The molecule has 118 valence electrons. The molecular weight excluding hydrogens is 254 g/mol. The van der Waals surface area contributed by atoms with Crippen molar-refractivity contribution in [3.63, 3.8) is 0 Å². The topological polar surface area (TPSA) is 58.6 Å². The molecule has 20 heavy (non-hydrogen) atoms. The summed E-state index contributed by atoms with van der Waals surface area (Å²) in [5.74, 6) is 0.675. The average Bonchev–Trinajstić information content (AvgIpc) is 2.36. The van der Waals surface area contributed by atoms with Crippen LogP contribution in [0.2, 0.25) is 0 Å². The van der Waals surface area contributed by atoms with Crippen LogP contribution < -0.4 is 5.32 Å². The third kappa shape index (κ3) is 5.80. The third-order valence-corrected chi connectivity index (χ3v) is 4.51. The van der Waals surface area contributed by atoms with E-state index in [2.05, 4.69) is 26.1 Å². The van der Waals surface area contributed by atoms with Crippen LogP contribution in [0.1, 0.15) is 59.3 Å². The maximum Gasteiger partial charge on any atom is 0.220 e. The van der Waals surface area contributed by atoms with Crippen LogP contribution in [-0.4, -0.2) is 36.9 Å². The molecule has 4 heteroatoms. The minimum atomic E-state index is -0.710. The fraction of sp³-hybridized carbons (Fsp3) is 0.938. The van der Waals surface area contributed by atoms with E-state index in [0.717, 1.165) is 32.1 Å². The molecule has 1 fully saturated rings. The second-order valence-electron chi connectivity index (χ2n) is 7.24. The van der Waals surface area contributed by atoms with Gasteiger partial charge in [-0.1, -0.05) is 20.8 Å². The van der Waals surface area contributed by atoms with Crippen LogP contribution >= 0.6 is 0 Å². The monoisotopic (exact) mass is 285 g/mol. The molecule has 0 bridgehead atoms. The van der Waals surface area contributed by atoms with Gasteiger partial charge in [-0.15, -0.1) is 0 Å². The molecule has 1 amide bonds. The number of methoxy groups -OCH3 is 1. The summed E-state index contributed by atoms with van der Waals surface area (Å²) in [5.41, 5.74) is -0.399. The SMILES string of the molecule is COCCCC(=O)NCC1(O)CCC(C(C)(C)C)CC1. The summed E-state index contributed by atoms with van der Waals surface area (Å²) in [6.45, 7) is 7.78. The maximum absolute atomic E-state index is 11.6. The first kappa shape index (κ1) is 17.4. The van der Waals surface area contributed by atoms with E-state index in [1.165, 1.54) is 0 Å². The quantitative estimate of drug-likeness (QED) is 0.737. The lowest BCUT2D eigenvalue weighted by molar-refractivity contribution is -0.123. The van der Waals surface area contributed by atoms with Gasteiger partial charge in [-0.25, -0.2) is 0 Å². The zero-order chi connectivity index (χ0) is 15.2. The highest BCUT2D eigenvalue weighted by molar-refractivity contribution is 5.75. The minimum Gasteiger partial charge on any atom is -0.388 e. The number of nitrogens with one attached hydrogen (secondary N) is 1. The maximum atomic E-state index is 11.6. The summed E-state index contributed by atoms with van der Waals surface area (Å²) in [6, 6.07) is 0. The van der Waals surface area contributed by atoms with Crippen LogP contribution in [-0.2, 0) is 9.53 Å². The fourth-order valence-corrected chi connectivity index (χ4v) is 2.93. The zero-order valence-corrected chi connectivity index (χ0v) is 13.5. The number of hydrogen-bond acceptors (Lipinski definition) is 3. The lowest BCUT2D eigenvalue weighted by Crippen LogP contribution is -2.46. The predicted octanol–water partition coefficient (Wildman–Crippen LogP) is 2.50. The Morgan fingerprint density at radius 3 is 2.45 bits per heavy atom. The Kier molecular flexibility index (Phi) is 6.46. The lowest BCUT2D eigenvalue weighted by Gasteiger charge is -2.41. The first-order chi connectivity index (χ1) is 9.27. The number of rotatable bonds is 6.